The van der Waals surface area contributed by atoms with Crippen LogP contribution in [0.5, 0.6) is 0 Å². The first kappa shape index (κ1) is 18.4. The standard InChI is InChI=1S/C20H21N5O2/c1-4-15-6-5-7-17(23-15)24-19(26)18-13(2)8-9-25(20(18)27)12-16-11-21-14(3)10-22-16/h5-11H,4,12H2,1-3H3,(H,23,24,26). The number of amides is 1. The Morgan fingerprint density at radius 2 is 1.93 bits per heavy atom. The van der Waals surface area contributed by atoms with Crippen LogP contribution in [-0.4, -0.2) is 25.4 Å². The second kappa shape index (κ2) is 7.90. The van der Waals surface area contributed by atoms with Gasteiger partial charge in [0.25, 0.3) is 11.5 Å². The molecule has 0 aliphatic carbocycles. The molecule has 27 heavy (non-hydrogen) atoms. The molecule has 0 saturated carbocycles. The minimum atomic E-state index is -0.470. The molecule has 0 fully saturated rings. The highest BCUT2D eigenvalue weighted by molar-refractivity contribution is 6.04. The zero-order valence-corrected chi connectivity index (χ0v) is 15.6. The number of hydrogen-bond donors (Lipinski definition) is 1. The van der Waals surface area contributed by atoms with E-state index >= 15 is 0 Å². The Kier molecular flexibility index (Phi) is 5.40. The van der Waals surface area contributed by atoms with Crippen LogP contribution in [0.4, 0.5) is 5.82 Å². The average Bonchev–Trinajstić information content (AvgIpc) is 2.66. The van der Waals surface area contributed by atoms with Gasteiger partial charge in [-0.15, -0.1) is 0 Å². The van der Waals surface area contributed by atoms with E-state index in [0.29, 0.717) is 17.1 Å². The van der Waals surface area contributed by atoms with Crippen molar-refractivity contribution in [2.75, 3.05) is 5.32 Å². The fourth-order valence-corrected chi connectivity index (χ4v) is 2.67. The molecule has 3 aromatic rings. The monoisotopic (exact) mass is 363 g/mol. The summed E-state index contributed by atoms with van der Waals surface area (Å²) in [6.07, 6.45) is 5.69. The highest BCUT2D eigenvalue weighted by Gasteiger charge is 2.17. The second-order valence-corrected chi connectivity index (χ2v) is 6.28. The van der Waals surface area contributed by atoms with Gasteiger partial charge in [-0.2, -0.15) is 0 Å². The smallest absolute Gasteiger partial charge is 0.264 e. The number of anilines is 1. The summed E-state index contributed by atoms with van der Waals surface area (Å²) in [5.74, 6) is -0.0412. The molecular weight excluding hydrogens is 342 g/mol. The predicted molar refractivity (Wildman–Crippen MR) is 103 cm³/mol. The fourth-order valence-electron chi connectivity index (χ4n) is 2.67. The summed E-state index contributed by atoms with van der Waals surface area (Å²) in [4.78, 5) is 38.4. The van der Waals surface area contributed by atoms with Gasteiger partial charge in [0.2, 0.25) is 0 Å². The fraction of sp³-hybridized carbons (Fsp3) is 0.250. The van der Waals surface area contributed by atoms with Crippen molar-refractivity contribution in [2.24, 2.45) is 0 Å². The Morgan fingerprint density at radius 1 is 1.11 bits per heavy atom. The minimum Gasteiger partial charge on any atom is -0.309 e. The number of nitrogens with zero attached hydrogens (tertiary/aromatic N) is 4. The molecule has 3 aromatic heterocycles. The van der Waals surface area contributed by atoms with Gasteiger partial charge in [-0.3, -0.25) is 19.6 Å². The lowest BCUT2D eigenvalue weighted by molar-refractivity contribution is 0.102. The molecule has 1 N–H and O–H groups in total. The Hall–Kier alpha value is -3.35. The maximum atomic E-state index is 12.8. The summed E-state index contributed by atoms with van der Waals surface area (Å²) in [6.45, 7) is 5.82. The Morgan fingerprint density at radius 3 is 2.63 bits per heavy atom. The zero-order valence-electron chi connectivity index (χ0n) is 15.6. The van der Waals surface area contributed by atoms with Crippen molar-refractivity contribution in [3.05, 3.63) is 81.4 Å². The van der Waals surface area contributed by atoms with Crippen LogP contribution in [0.15, 0.2) is 47.7 Å². The maximum absolute atomic E-state index is 12.8. The van der Waals surface area contributed by atoms with E-state index in [2.05, 4.69) is 20.3 Å². The van der Waals surface area contributed by atoms with Crippen molar-refractivity contribution in [2.45, 2.75) is 33.7 Å². The van der Waals surface area contributed by atoms with E-state index in [1.54, 1.807) is 37.6 Å². The second-order valence-electron chi connectivity index (χ2n) is 6.28. The third kappa shape index (κ3) is 4.25. The quantitative estimate of drug-likeness (QED) is 0.752. The molecule has 0 saturated heterocycles. The van der Waals surface area contributed by atoms with Crippen molar-refractivity contribution in [3.63, 3.8) is 0 Å². The van der Waals surface area contributed by atoms with E-state index in [1.165, 1.54) is 4.57 Å². The highest BCUT2D eigenvalue weighted by atomic mass is 16.2. The molecule has 3 heterocycles. The summed E-state index contributed by atoms with van der Waals surface area (Å²) >= 11 is 0. The first-order valence-electron chi connectivity index (χ1n) is 8.72. The first-order chi connectivity index (χ1) is 13.0. The Bertz CT molecular complexity index is 1030. The van der Waals surface area contributed by atoms with Crippen molar-refractivity contribution in [1.82, 2.24) is 19.5 Å². The van der Waals surface area contributed by atoms with Crippen molar-refractivity contribution in [3.8, 4) is 0 Å². The van der Waals surface area contributed by atoms with Crippen LogP contribution < -0.4 is 10.9 Å². The SMILES string of the molecule is CCc1cccc(NC(=O)c2c(C)ccn(Cc3cnc(C)cn3)c2=O)n1. The average molecular weight is 363 g/mol. The van der Waals surface area contributed by atoms with Gasteiger partial charge in [0.15, 0.2) is 0 Å². The van der Waals surface area contributed by atoms with Gasteiger partial charge in [0, 0.05) is 18.1 Å². The van der Waals surface area contributed by atoms with E-state index in [1.807, 2.05) is 26.0 Å². The molecule has 138 valence electrons. The molecule has 0 aliphatic rings. The van der Waals surface area contributed by atoms with Gasteiger partial charge < -0.3 is 9.88 Å². The largest absolute Gasteiger partial charge is 0.309 e. The lowest BCUT2D eigenvalue weighted by Crippen LogP contribution is -2.30. The van der Waals surface area contributed by atoms with Crippen LogP contribution in [0.2, 0.25) is 0 Å². The summed E-state index contributed by atoms with van der Waals surface area (Å²) < 4.78 is 1.46. The van der Waals surface area contributed by atoms with Crippen molar-refractivity contribution >= 4 is 11.7 Å². The third-order valence-corrected chi connectivity index (χ3v) is 4.18. The van der Waals surface area contributed by atoms with Crippen LogP contribution in [0.3, 0.4) is 0 Å². The van der Waals surface area contributed by atoms with Crippen molar-refractivity contribution < 1.29 is 4.79 Å². The lowest BCUT2D eigenvalue weighted by Gasteiger charge is -2.11. The number of pyridine rings is 2. The van der Waals surface area contributed by atoms with Crippen LogP contribution >= 0.6 is 0 Å². The normalized spacial score (nSPS) is 10.6. The minimum absolute atomic E-state index is 0.0984. The molecule has 0 unspecified atom stereocenters. The third-order valence-electron chi connectivity index (χ3n) is 4.18. The summed E-state index contributed by atoms with van der Waals surface area (Å²) in [6, 6.07) is 7.16. The van der Waals surface area contributed by atoms with Crippen molar-refractivity contribution in [1.29, 1.82) is 0 Å². The van der Waals surface area contributed by atoms with Crippen LogP contribution in [0, 0.1) is 13.8 Å². The molecule has 7 nitrogen and oxygen atoms in total. The van der Waals surface area contributed by atoms with Crippen LogP contribution in [0.25, 0.3) is 0 Å². The summed E-state index contributed by atoms with van der Waals surface area (Å²) in [7, 11) is 0. The molecule has 0 atom stereocenters. The molecule has 3 rings (SSSR count). The Labute approximate surface area is 157 Å². The lowest BCUT2D eigenvalue weighted by atomic mass is 10.1. The van der Waals surface area contributed by atoms with E-state index < -0.39 is 5.91 Å². The number of carbonyl (C=O) groups excluding carboxylic acids is 1. The summed E-state index contributed by atoms with van der Waals surface area (Å²) in [5.41, 5.74) is 2.65. The topological polar surface area (TPSA) is 89.8 Å². The number of carbonyl (C=O) groups is 1. The molecule has 7 heteroatoms. The van der Waals surface area contributed by atoms with Gasteiger partial charge in [0.05, 0.1) is 24.1 Å². The first-order valence-corrected chi connectivity index (χ1v) is 8.72. The number of nitrogens with one attached hydrogen (secondary N) is 1. The van der Waals surface area contributed by atoms with E-state index in [-0.39, 0.29) is 17.7 Å². The van der Waals surface area contributed by atoms with Gasteiger partial charge in [-0.25, -0.2) is 4.98 Å². The number of aromatic nitrogens is 4. The van der Waals surface area contributed by atoms with E-state index in [4.69, 9.17) is 0 Å². The van der Waals surface area contributed by atoms with E-state index in [0.717, 1.165) is 17.8 Å². The van der Waals surface area contributed by atoms with Crippen LogP contribution in [0.1, 0.15) is 39.9 Å². The highest BCUT2D eigenvalue weighted by Crippen LogP contribution is 2.10. The molecule has 1 amide bonds. The van der Waals surface area contributed by atoms with Gasteiger partial charge >= 0.3 is 0 Å². The van der Waals surface area contributed by atoms with Crippen LogP contribution in [-0.2, 0) is 13.0 Å². The molecule has 0 aromatic carbocycles. The maximum Gasteiger partial charge on any atom is 0.264 e. The molecule has 0 spiro atoms. The molecular formula is C20H21N5O2. The van der Waals surface area contributed by atoms with Gasteiger partial charge in [0.1, 0.15) is 11.4 Å². The number of rotatable bonds is 5. The summed E-state index contributed by atoms with van der Waals surface area (Å²) in [5, 5.41) is 2.72. The Balaban J connectivity index is 1.89. The van der Waals surface area contributed by atoms with Gasteiger partial charge in [-0.05, 0) is 44.0 Å². The molecule has 0 radical (unpaired) electrons. The predicted octanol–water partition coefficient (Wildman–Crippen LogP) is 2.51. The number of aryl methyl sites for hydroxylation is 3. The van der Waals surface area contributed by atoms with E-state index in [9.17, 15) is 9.59 Å². The number of hydrogen-bond acceptors (Lipinski definition) is 5. The molecule has 0 bridgehead atoms. The van der Waals surface area contributed by atoms with Gasteiger partial charge in [-0.1, -0.05) is 13.0 Å². The molecule has 0 aliphatic heterocycles. The zero-order chi connectivity index (χ0) is 19.4.